The van der Waals surface area contributed by atoms with Crippen molar-refractivity contribution in [3.05, 3.63) is 107 Å². The van der Waals surface area contributed by atoms with Gasteiger partial charge in [-0.3, -0.25) is 19.2 Å². The number of nitrogens with zero attached hydrogens (tertiary/aromatic N) is 2. The van der Waals surface area contributed by atoms with Gasteiger partial charge in [-0.15, -0.1) is 0 Å². The van der Waals surface area contributed by atoms with Crippen molar-refractivity contribution in [2.75, 3.05) is 13.1 Å². The molecule has 2 saturated heterocycles. The van der Waals surface area contributed by atoms with Crippen molar-refractivity contribution in [2.45, 2.75) is 48.0 Å². The number of likely N-dealkylation sites (tertiary alicyclic amines) is 2. The fraction of sp³-hybridized carbons (Fsp3) is 0.312. The second-order valence-electron chi connectivity index (χ2n) is 10.9. The number of amides is 3. The van der Waals surface area contributed by atoms with Crippen LogP contribution < -0.4 is 11.1 Å². The Morgan fingerprint density at radius 1 is 0.902 bits per heavy atom. The Morgan fingerprint density at radius 3 is 2.32 bits per heavy atom. The lowest BCUT2D eigenvalue weighted by atomic mass is 10.1. The first-order valence-electron chi connectivity index (χ1n) is 13.9. The number of benzene rings is 3. The van der Waals surface area contributed by atoms with Crippen molar-refractivity contribution < 1.29 is 19.2 Å². The molecule has 0 spiro atoms. The molecular formula is C32H32N4O4S. The lowest BCUT2D eigenvalue weighted by molar-refractivity contribution is -0.138. The largest absolute Gasteiger partial charge is 0.337 e. The van der Waals surface area contributed by atoms with Crippen LogP contribution in [0.25, 0.3) is 0 Å². The minimum Gasteiger partial charge on any atom is -0.337 e. The summed E-state index contributed by atoms with van der Waals surface area (Å²) in [4.78, 5) is 57.5. The molecule has 3 amide bonds. The molecule has 3 aliphatic rings. The maximum atomic E-state index is 14.3. The number of nitrogens with one attached hydrogen (secondary N) is 1. The van der Waals surface area contributed by atoms with Gasteiger partial charge in [-0.1, -0.05) is 60.7 Å². The molecule has 6 rings (SSSR count). The third-order valence-corrected chi connectivity index (χ3v) is 9.77. The summed E-state index contributed by atoms with van der Waals surface area (Å²) < 4.78 is 0. The van der Waals surface area contributed by atoms with E-state index in [0.717, 1.165) is 11.1 Å². The maximum absolute atomic E-state index is 14.3. The molecule has 9 heteroatoms. The normalized spacial score (nSPS) is 24.7. The zero-order chi connectivity index (χ0) is 28.6. The number of fused-ring (bicyclic) bond motifs is 1. The Kier molecular flexibility index (Phi) is 7.40. The highest BCUT2D eigenvalue weighted by atomic mass is 32.2. The molecule has 0 aromatic heterocycles. The lowest BCUT2D eigenvalue weighted by Crippen LogP contribution is -2.55. The van der Waals surface area contributed by atoms with E-state index in [-0.39, 0.29) is 41.3 Å². The number of Topliss-reactive ketones (excluding diaryl/α,β-unsaturated/α-hetero) is 1. The molecule has 2 heterocycles. The van der Waals surface area contributed by atoms with E-state index in [4.69, 9.17) is 5.73 Å². The van der Waals surface area contributed by atoms with E-state index in [1.165, 1.54) is 0 Å². The minimum absolute atomic E-state index is 0.0235. The predicted molar refractivity (Wildman–Crippen MR) is 157 cm³/mol. The number of hydrogen-bond acceptors (Lipinski definition) is 6. The first-order valence-corrected chi connectivity index (χ1v) is 14.9. The van der Waals surface area contributed by atoms with Crippen molar-refractivity contribution >= 4 is 35.3 Å². The zero-order valence-electron chi connectivity index (χ0n) is 22.6. The van der Waals surface area contributed by atoms with Crippen LogP contribution in [0.2, 0.25) is 0 Å². The Balaban J connectivity index is 1.23. The molecular weight excluding hydrogens is 536 g/mol. The second-order valence-corrected chi connectivity index (χ2v) is 12.1. The van der Waals surface area contributed by atoms with Crippen LogP contribution in [0.3, 0.4) is 0 Å². The van der Waals surface area contributed by atoms with E-state index in [9.17, 15) is 19.2 Å². The van der Waals surface area contributed by atoms with E-state index < -0.39 is 11.6 Å². The molecule has 0 radical (unpaired) electrons. The highest BCUT2D eigenvalue weighted by Gasteiger charge is 2.65. The minimum atomic E-state index is -1.12. The van der Waals surface area contributed by atoms with Gasteiger partial charge in [-0.05, 0) is 48.2 Å². The standard InChI is InChI=1S/C32H32N4O4S/c33-18-22-10-7-13-24(16-22)29(38)34-32(17-27(32)41-20-21-8-3-1-4-9-21)31(40)35-15-14-25-28(35)26(37)19-36(25)30(39)23-11-5-2-6-12-23/h1-13,16,25,27-28H,14-15,17-20,33H2,(H,34,38)/t25-,27?,28+,32?/m1/s1. The van der Waals surface area contributed by atoms with Gasteiger partial charge < -0.3 is 20.9 Å². The van der Waals surface area contributed by atoms with Gasteiger partial charge in [-0.2, -0.15) is 11.8 Å². The number of carbonyl (C=O) groups excluding carboxylic acids is 4. The number of ketones is 1. The number of nitrogens with two attached hydrogens (primary N) is 1. The van der Waals surface area contributed by atoms with Crippen LogP contribution in [-0.4, -0.2) is 69.3 Å². The third-order valence-electron chi connectivity index (χ3n) is 8.30. The van der Waals surface area contributed by atoms with E-state index in [1.807, 2.05) is 42.5 Å². The van der Waals surface area contributed by atoms with E-state index >= 15 is 0 Å². The van der Waals surface area contributed by atoms with Crippen molar-refractivity contribution in [1.82, 2.24) is 15.1 Å². The highest BCUT2D eigenvalue weighted by molar-refractivity contribution is 7.99. The molecule has 3 N–H and O–H groups in total. The summed E-state index contributed by atoms with van der Waals surface area (Å²) in [6, 6.07) is 24.9. The number of rotatable bonds is 8. The van der Waals surface area contributed by atoms with Crippen molar-refractivity contribution in [1.29, 1.82) is 0 Å². The maximum Gasteiger partial charge on any atom is 0.254 e. The van der Waals surface area contributed by atoms with Gasteiger partial charge in [0.05, 0.1) is 12.6 Å². The number of carbonyl (C=O) groups is 4. The van der Waals surface area contributed by atoms with Crippen LogP contribution in [0.4, 0.5) is 0 Å². The predicted octanol–water partition coefficient (Wildman–Crippen LogP) is 3.01. The number of thioether (sulfide) groups is 1. The van der Waals surface area contributed by atoms with Crippen LogP contribution in [0.15, 0.2) is 84.9 Å². The third kappa shape index (κ3) is 5.15. The summed E-state index contributed by atoms with van der Waals surface area (Å²) in [6.45, 7) is 0.636. The van der Waals surface area contributed by atoms with E-state index in [0.29, 0.717) is 42.8 Å². The summed E-state index contributed by atoms with van der Waals surface area (Å²) >= 11 is 1.63. The van der Waals surface area contributed by atoms with Gasteiger partial charge >= 0.3 is 0 Å². The summed E-state index contributed by atoms with van der Waals surface area (Å²) in [7, 11) is 0. The summed E-state index contributed by atoms with van der Waals surface area (Å²) in [5, 5.41) is 2.92. The van der Waals surface area contributed by atoms with Crippen LogP contribution in [0, 0.1) is 0 Å². The molecule has 4 atom stereocenters. The Labute approximate surface area is 243 Å². The second kappa shape index (κ2) is 11.1. The SMILES string of the molecule is NCc1cccc(C(=O)NC2(C(=O)N3CC[C@@H]4[C@H]3C(=O)CN4C(=O)c3ccccc3)CC2SCc2ccccc2)c1. The average Bonchev–Trinajstić information content (AvgIpc) is 3.36. The van der Waals surface area contributed by atoms with Gasteiger partial charge in [-0.25, -0.2) is 0 Å². The molecule has 3 fully saturated rings. The summed E-state index contributed by atoms with van der Waals surface area (Å²) in [5.41, 5.74) is 7.58. The molecule has 0 bridgehead atoms. The molecule has 1 aliphatic carbocycles. The molecule has 41 heavy (non-hydrogen) atoms. The molecule has 210 valence electrons. The monoisotopic (exact) mass is 568 g/mol. The first kappa shape index (κ1) is 27.2. The van der Waals surface area contributed by atoms with Gasteiger partial charge in [0.2, 0.25) is 5.91 Å². The van der Waals surface area contributed by atoms with Crippen LogP contribution in [0.1, 0.15) is 44.7 Å². The fourth-order valence-electron chi connectivity index (χ4n) is 6.05. The molecule has 3 aromatic carbocycles. The smallest absolute Gasteiger partial charge is 0.254 e. The van der Waals surface area contributed by atoms with Gasteiger partial charge in [0, 0.05) is 35.2 Å². The summed E-state index contributed by atoms with van der Waals surface area (Å²) in [6.07, 6.45) is 0.992. The molecule has 8 nitrogen and oxygen atoms in total. The highest BCUT2D eigenvalue weighted by Crippen LogP contribution is 2.49. The van der Waals surface area contributed by atoms with Gasteiger partial charge in [0.1, 0.15) is 11.6 Å². The van der Waals surface area contributed by atoms with E-state index in [2.05, 4.69) is 5.32 Å². The first-order chi connectivity index (χ1) is 19.9. The number of hydrogen-bond donors (Lipinski definition) is 2. The fourth-order valence-corrected chi connectivity index (χ4v) is 7.46. The van der Waals surface area contributed by atoms with Gasteiger partial charge in [0.15, 0.2) is 5.78 Å². The molecule has 2 unspecified atom stereocenters. The quantitative estimate of drug-likeness (QED) is 0.432. The van der Waals surface area contributed by atoms with Crippen molar-refractivity contribution in [3.63, 3.8) is 0 Å². The van der Waals surface area contributed by atoms with Crippen molar-refractivity contribution in [3.8, 4) is 0 Å². The molecule has 3 aromatic rings. The van der Waals surface area contributed by atoms with E-state index in [1.54, 1.807) is 64.0 Å². The van der Waals surface area contributed by atoms with Crippen molar-refractivity contribution in [2.24, 2.45) is 5.73 Å². The Bertz CT molecular complexity index is 1480. The average molecular weight is 569 g/mol. The van der Waals surface area contributed by atoms with Crippen LogP contribution in [0.5, 0.6) is 0 Å². The molecule has 2 aliphatic heterocycles. The Morgan fingerprint density at radius 2 is 1.59 bits per heavy atom. The zero-order valence-corrected chi connectivity index (χ0v) is 23.4. The molecule has 1 saturated carbocycles. The Hall–Kier alpha value is -3.95. The topological polar surface area (TPSA) is 113 Å². The van der Waals surface area contributed by atoms with Gasteiger partial charge in [0.25, 0.3) is 11.8 Å². The van der Waals surface area contributed by atoms with Crippen LogP contribution >= 0.6 is 11.8 Å². The lowest BCUT2D eigenvalue weighted by Gasteiger charge is -2.29. The summed E-state index contributed by atoms with van der Waals surface area (Å²) in [5.74, 6) is -0.238. The van der Waals surface area contributed by atoms with Crippen LogP contribution in [-0.2, 0) is 21.9 Å².